The Kier molecular flexibility index (Phi) is 5.24. The Bertz CT molecular complexity index is 246. The van der Waals surface area contributed by atoms with Gasteiger partial charge < -0.3 is 11.1 Å². The first-order valence-electron chi connectivity index (χ1n) is 4.63. The van der Waals surface area contributed by atoms with Crippen LogP contribution in [0.5, 0.6) is 0 Å². The summed E-state index contributed by atoms with van der Waals surface area (Å²) in [6.45, 7) is 1.18. The standard InChI is InChI=1S/C8H12F6N2O/c1-4(15)2-3-16-6(17)5(7(9,10)11)8(12,13)14/h4-5H,2-3,15H2,1H3,(H,16,17). The number of amides is 1. The van der Waals surface area contributed by atoms with Crippen LogP contribution in [0.25, 0.3) is 0 Å². The molecule has 3 N–H and O–H groups in total. The fourth-order valence-corrected chi connectivity index (χ4v) is 1.01. The third-order valence-electron chi connectivity index (χ3n) is 1.82. The van der Waals surface area contributed by atoms with Crippen LogP contribution in [0, 0.1) is 5.92 Å². The summed E-state index contributed by atoms with van der Waals surface area (Å²) >= 11 is 0. The molecule has 0 fully saturated rings. The first kappa shape index (κ1) is 16.0. The summed E-state index contributed by atoms with van der Waals surface area (Å²) in [5.74, 6) is -6.10. The van der Waals surface area contributed by atoms with Crippen molar-refractivity contribution in [2.75, 3.05) is 6.54 Å². The normalized spacial score (nSPS) is 14.9. The lowest BCUT2D eigenvalue weighted by atomic mass is 10.1. The van der Waals surface area contributed by atoms with Crippen molar-refractivity contribution in [3.63, 3.8) is 0 Å². The van der Waals surface area contributed by atoms with E-state index in [2.05, 4.69) is 0 Å². The summed E-state index contributed by atoms with van der Waals surface area (Å²) in [4.78, 5) is 10.8. The number of carbonyl (C=O) groups excluding carboxylic acids is 1. The lowest BCUT2D eigenvalue weighted by Gasteiger charge is -2.22. The molecule has 17 heavy (non-hydrogen) atoms. The van der Waals surface area contributed by atoms with Gasteiger partial charge in [-0.05, 0) is 13.3 Å². The van der Waals surface area contributed by atoms with Gasteiger partial charge in [0.2, 0.25) is 11.8 Å². The molecular weight excluding hydrogens is 254 g/mol. The predicted molar refractivity (Wildman–Crippen MR) is 46.9 cm³/mol. The molecule has 0 aromatic carbocycles. The lowest BCUT2D eigenvalue weighted by Crippen LogP contribution is -2.48. The van der Waals surface area contributed by atoms with Crippen molar-refractivity contribution < 1.29 is 31.1 Å². The van der Waals surface area contributed by atoms with E-state index in [1.807, 2.05) is 0 Å². The number of nitrogens with two attached hydrogens (primary N) is 1. The number of halogens is 6. The zero-order valence-corrected chi connectivity index (χ0v) is 8.82. The minimum atomic E-state index is -5.66. The highest BCUT2D eigenvalue weighted by Crippen LogP contribution is 2.39. The molecule has 0 bridgehead atoms. The second-order valence-corrected chi connectivity index (χ2v) is 3.57. The van der Waals surface area contributed by atoms with Gasteiger partial charge >= 0.3 is 12.4 Å². The highest BCUT2D eigenvalue weighted by molar-refractivity contribution is 5.80. The number of rotatable bonds is 4. The van der Waals surface area contributed by atoms with Crippen LogP contribution in [0.2, 0.25) is 0 Å². The molecule has 0 aromatic heterocycles. The Morgan fingerprint density at radius 2 is 1.59 bits per heavy atom. The topological polar surface area (TPSA) is 55.1 Å². The van der Waals surface area contributed by atoms with Gasteiger partial charge in [0.15, 0.2) is 0 Å². The molecule has 1 atom stereocenters. The highest BCUT2D eigenvalue weighted by atomic mass is 19.4. The zero-order valence-electron chi connectivity index (χ0n) is 8.82. The van der Waals surface area contributed by atoms with E-state index >= 15 is 0 Å². The van der Waals surface area contributed by atoms with Crippen LogP contribution in [0.15, 0.2) is 0 Å². The molecule has 0 aliphatic carbocycles. The van der Waals surface area contributed by atoms with E-state index in [-0.39, 0.29) is 13.0 Å². The second kappa shape index (κ2) is 5.56. The monoisotopic (exact) mass is 266 g/mol. The molecular formula is C8H12F6N2O. The van der Waals surface area contributed by atoms with E-state index < -0.39 is 30.2 Å². The molecule has 102 valence electrons. The maximum absolute atomic E-state index is 12.0. The van der Waals surface area contributed by atoms with Crippen LogP contribution in [0.1, 0.15) is 13.3 Å². The quantitative estimate of drug-likeness (QED) is 0.759. The van der Waals surface area contributed by atoms with Crippen LogP contribution >= 0.6 is 0 Å². The Morgan fingerprint density at radius 1 is 1.18 bits per heavy atom. The van der Waals surface area contributed by atoms with E-state index in [1.54, 1.807) is 5.32 Å². The van der Waals surface area contributed by atoms with E-state index in [1.165, 1.54) is 6.92 Å². The number of nitrogens with one attached hydrogen (secondary N) is 1. The number of alkyl halides is 6. The van der Waals surface area contributed by atoms with Crippen molar-refractivity contribution in [2.45, 2.75) is 31.7 Å². The number of hydrogen-bond acceptors (Lipinski definition) is 2. The minimum Gasteiger partial charge on any atom is -0.355 e. The Hall–Kier alpha value is -0.990. The summed E-state index contributed by atoms with van der Waals surface area (Å²) in [5, 5.41) is 1.57. The molecule has 0 saturated carbocycles. The van der Waals surface area contributed by atoms with Gasteiger partial charge in [-0.25, -0.2) is 0 Å². The molecule has 0 radical (unpaired) electrons. The Morgan fingerprint density at radius 3 is 1.88 bits per heavy atom. The van der Waals surface area contributed by atoms with E-state index in [9.17, 15) is 31.1 Å². The zero-order chi connectivity index (χ0) is 13.9. The first-order valence-corrected chi connectivity index (χ1v) is 4.63. The second-order valence-electron chi connectivity index (χ2n) is 3.57. The predicted octanol–water partition coefficient (Wildman–Crippen LogP) is 1.58. The van der Waals surface area contributed by atoms with Crippen molar-refractivity contribution in [1.82, 2.24) is 5.32 Å². The average Bonchev–Trinajstić information content (AvgIpc) is 1.96. The Labute approximate surface area is 93.3 Å². The first-order chi connectivity index (χ1) is 7.46. The Balaban J connectivity index is 4.58. The van der Waals surface area contributed by atoms with Crippen molar-refractivity contribution >= 4 is 5.91 Å². The van der Waals surface area contributed by atoms with Crippen LogP contribution in [0.3, 0.4) is 0 Å². The molecule has 1 amide bonds. The van der Waals surface area contributed by atoms with E-state index in [0.29, 0.717) is 0 Å². The van der Waals surface area contributed by atoms with Crippen molar-refractivity contribution in [3.8, 4) is 0 Å². The molecule has 3 nitrogen and oxygen atoms in total. The van der Waals surface area contributed by atoms with Gasteiger partial charge in [-0.1, -0.05) is 0 Å². The van der Waals surface area contributed by atoms with Crippen LogP contribution in [0.4, 0.5) is 26.3 Å². The van der Waals surface area contributed by atoms with Gasteiger partial charge in [0.05, 0.1) is 0 Å². The molecule has 0 aliphatic heterocycles. The van der Waals surface area contributed by atoms with Gasteiger partial charge in [0, 0.05) is 12.6 Å². The third kappa shape index (κ3) is 5.76. The largest absolute Gasteiger partial charge is 0.409 e. The molecule has 0 aliphatic rings. The van der Waals surface area contributed by atoms with E-state index in [0.717, 1.165) is 0 Å². The van der Waals surface area contributed by atoms with Gasteiger partial charge in [0.25, 0.3) is 0 Å². The molecule has 0 heterocycles. The fourth-order valence-electron chi connectivity index (χ4n) is 1.01. The molecule has 0 saturated heterocycles. The maximum Gasteiger partial charge on any atom is 0.409 e. The summed E-state index contributed by atoms with van der Waals surface area (Å²) in [6.07, 6.45) is -11.2. The average molecular weight is 266 g/mol. The molecule has 0 spiro atoms. The maximum atomic E-state index is 12.0. The third-order valence-corrected chi connectivity index (χ3v) is 1.82. The lowest BCUT2D eigenvalue weighted by molar-refractivity contribution is -0.274. The molecule has 0 rings (SSSR count). The smallest absolute Gasteiger partial charge is 0.355 e. The van der Waals surface area contributed by atoms with Crippen molar-refractivity contribution in [2.24, 2.45) is 11.7 Å². The van der Waals surface area contributed by atoms with Gasteiger partial charge in [-0.2, -0.15) is 26.3 Å². The number of carbonyl (C=O) groups is 1. The summed E-state index contributed by atoms with van der Waals surface area (Å²) in [6, 6.07) is -0.425. The molecule has 1 unspecified atom stereocenters. The van der Waals surface area contributed by atoms with Gasteiger partial charge in [-0.3, -0.25) is 4.79 Å². The number of hydrogen-bond donors (Lipinski definition) is 2. The summed E-state index contributed by atoms with van der Waals surface area (Å²) in [7, 11) is 0. The highest BCUT2D eigenvalue weighted by Gasteiger charge is 2.60. The van der Waals surface area contributed by atoms with Crippen LogP contribution < -0.4 is 11.1 Å². The van der Waals surface area contributed by atoms with E-state index in [4.69, 9.17) is 5.73 Å². The van der Waals surface area contributed by atoms with Crippen molar-refractivity contribution in [1.29, 1.82) is 0 Å². The molecule has 9 heteroatoms. The van der Waals surface area contributed by atoms with Crippen LogP contribution in [-0.4, -0.2) is 30.8 Å². The molecule has 0 aromatic rings. The van der Waals surface area contributed by atoms with Crippen LogP contribution in [-0.2, 0) is 4.79 Å². The minimum absolute atomic E-state index is 0.0914. The summed E-state index contributed by atoms with van der Waals surface area (Å²) < 4.78 is 72.3. The van der Waals surface area contributed by atoms with Crippen molar-refractivity contribution in [3.05, 3.63) is 0 Å². The fraction of sp³-hybridized carbons (Fsp3) is 0.875. The SMILES string of the molecule is CC(N)CCNC(=O)C(C(F)(F)F)C(F)(F)F. The summed E-state index contributed by atoms with van der Waals surface area (Å²) in [5.41, 5.74) is 5.23. The van der Waals surface area contributed by atoms with Gasteiger partial charge in [-0.15, -0.1) is 0 Å². The van der Waals surface area contributed by atoms with Gasteiger partial charge in [0.1, 0.15) is 0 Å².